The fourth-order valence-electron chi connectivity index (χ4n) is 2.59. The monoisotopic (exact) mass is 392 g/mol. The summed E-state index contributed by atoms with van der Waals surface area (Å²) in [6, 6.07) is 10.3. The molecular formula is C19H24N2O5S. The van der Waals surface area contributed by atoms with E-state index < -0.39 is 10.0 Å². The average molecular weight is 392 g/mol. The van der Waals surface area contributed by atoms with E-state index in [0.717, 1.165) is 5.56 Å². The summed E-state index contributed by atoms with van der Waals surface area (Å²) in [6.07, 6.45) is 0.761. The number of carbonyl (C=O) groups is 1. The van der Waals surface area contributed by atoms with Crippen molar-refractivity contribution in [2.24, 2.45) is 0 Å². The lowest BCUT2D eigenvalue weighted by molar-refractivity contribution is -0.116. The number of ether oxygens (including phenoxy) is 2. The number of anilines is 1. The topological polar surface area (TPSA) is 93.7 Å². The molecule has 0 radical (unpaired) electrons. The molecule has 0 heterocycles. The van der Waals surface area contributed by atoms with Crippen molar-refractivity contribution in [3.8, 4) is 11.5 Å². The zero-order valence-electron chi connectivity index (χ0n) is 15.8. The molecule has 0 atom stereocenters. The Hall–Kier alpha value is -2.58. The second-order valence-corrected chi connectivity index (χ2v) is 7.78. The number of benzene rings is 2. The molecule has 1 amide bonds. The van der Waals surface area contributed by atoms with E-state index in [1.54, 1.807) is 39.3 Å². The van der Waals surface area contributed by atoms with E-state index >= 15 is 0 Å². The first-order valence-electron chi connectivity index (χ1n) is 8.35. The molecule has 0 aliphatic heterocycles. The fraction of sp³-hybridized carbons (Fsp3) is 0.316. The predicted octanol–water partition coefficient (Wildman–Crippen LogP) is 2.49. The third kappa shape index (κ3) is 5.21. The van der Waals surface area contributed by atoms with Gasteiger partial charge in [-0.1, -0.05) is 12.1 Å². The highest BCUT2D eigenvalue weighted by molar-refractivity contribution is 7.89. The average Bonchev–Trinajstić information content (AvgIpc) is 2.67. The van der Waals surface area contributed by atoms with Crippen LogP contribution in [0.1, 0.15) is 17.5 Å². The third-order valence-electron chi connectivity index (χ3n) is 4.12. The zero-order chi connectivity index (χ0) is 20.0. The Morgan fingerprint density at radius 3 is 2.37 bits per heavy atom. The molecule has 2 rings (SSSR count). The van der Waals surface area contributed by atoms with E-state index in [1.807, 2.05) is 12.1 Å². The van der Waals surface area contributed by atoms with Crippen LogP contribution in [0, 0.1) is 6.92 Å². The molecule has 8 heteroatoms. The van der Waals surface area contributed by atoms with Gasteiger partial charge < -0.3 is 14.8 Å². The molecule has 0 bridgehead atoms. The Bertz CT molecular complexity index is 926. The first kappa shape index (κ1) is 20.7. The number of hydrogen-bond donors (Lipinski definition) is 2. The number of nitrogens with one attached hydrogen (secondary N) is 2. The van der Waals surface area contributed by atoms with Crippen LogP contribution in [0.3, 0.4) is 0 Å². The van der Waals surface area contributed by atoms with E-state index in [-0.39, 0.29) is 17.2 Å². The number of carbonyl (C=O) groups excluding carboxylic acids is 1. The van der Waals surface area contributed by atoms with Gasteiger partial charge in [0, 0.05) is 12.1 Å². The Labute approximate surface area is 159 Å². The fourth-order valence-corrected chi connectivity index (χ4v) is 3.59. The minimum absolute atomic E-state index is 0.141. The molecule has 0 saturated heterocycles. The molecule has 0 saturated carbocycles. The SMILES string of the molecule is CNS(=O)(=O)c1cc(NC(=O)CCc2ccc(OC)c(OC)c2)ccc1C. The molecule has 0 unspecified atom stereocenters. The van der Waals surface area contributed by atoms with Gasteiger partial charge in [-0.2, -0.15) is 0 Å². The van der Waals surface area contributed by atoms with E-state index in [4.69, 9.17) is 9.47 Å². The maximum absolute atomic E-state index is 12.2. The summed E-state index contributed by atoms with van der Waals surface area (Å²) >= 11 is 0. The summed E-state index contributed by atoms with van der Waals surface area (Å²) in [5, 5.41) is 2.74. The summed E-state index contributed by atoms with van der Waals surface area (Å²) in [5.74, 6) is 1.03. The Balaban J connectivity index is 2.05. The maximum Gasteiger partial charge on any atom is 0.240 e. The van der Waals surface area contributed by atoms with Crippen LogP contribution in [0.2, 0.25) is 0 Å². The molecular weight excluding hydrogens is 368 g/mol. The highest BCUT2D eigenvalue weighted by atomic mass is 32.2. The predicted molar refractivity (Wildman–Crippen MR) is 104 cm³/mol. The van der Waals surface area contributed by atoms with Gasteiger partial charge in [0.15, 0.2) is 11.5 Å². The van der Waals surface area contributed by atoms with E-state index in [2.05, 4.69) is 10.0 Å². The molecule has 2 aromatic rings. The largest absolute Gasteiger partial charge is 0.493 e. The molecule has 0 aliphatic rings. The number of sulfonamides is 1. The molecule has 7 nitrogen and oxygen atoms in total. The van der Waals surface area contributed by atoms with E-state index in [0.29, 0.717) is 29.2 Å². The number of amides is 1. The lowest BCUT2D eigenvalue weighted by atomic mass is 10.1. The molecule has 2 N–H and O–H groups in total. The number of methoxy groups -OCH3 is 2. The Kier molecular flexibility index (Phi) is 6.81. The highest BCUT2D eigenvalue weighted by Crippen LogP contribution is 2.28. The quantitative estimate of drug-likeness (QED) is 0.720. The van der Waals surface area contributed by atoms with Gasteiger partial charge in [0.25, 0.3) is 0 Å². The van der Waals surface area contributed by atoms with Crippen molar-refractivity contribution in [3.05, 3.63) is 47.5 Å². The van der Waals surface area contributed by atoms with Crippen molar-refractivity contribution in [1.29, 1.82) is 0 Å². The summed E-state index contributed by atoms with van der Waals surface area (Å²) in [6.45, 7) is 1.70. The van der Waals surface area contributed by atoms with E-state index in [9.17, 15) is 13.2 Å². The lowest BCUT2D eigenvalue weighted by Gasteiger charge is -2.11. The molecule has 27 heavy (non-hydrogen) atoms. The second kappa shape index (κ2) is 8.88. The van der Waals surface area contributed by atoms with Crippen LogP contribution in [0.25, 0.3) is 0 Å². The van der Waals surface area contributed by atoms with Gasteiger partial charge in [0.05, 0.1) is 19.1 Å². The van der Waals surface area contributed by atoms with Crippen LogP contribution >= 0.6 is 0 Å². The minimum atomic E-state index is -3.58. The van der Waals surface area contributed by atoms with Gasteiger partial charge in [-0.3, -0.25) is 4.79 Å². The molecule has 0 spiro atoms. The van der Waals surface area contributed by atoms with Crippen LogP contribution in [0.5, 0.6) is 11.5 Å². The van der Waals surface area contributed by atoms with Crippen LogP contribution in [0.15, 0.2) is 41.3 Å². The molecule has 0 aliphatic carbocycles. The van der Waals surface area contributed by atoms with Gasteiger partial charge in [0.1, 0.15) is 0 Å². The first-order valence-corrected chi connectivity index (χ1v) is 9.84. The van der Waals surface area contributed by atoms with E-state index in [1.165, 1.54) is 13.1 Å². The summed E-state index contributed by atoms with van der Waals surface area (Å²) < 4.78 is 36.8. The third-order valence-corrected chi connectivity index (χ3v) is 5.68. The maximum atomic E-state index is 12.2. The summed E-state index contributed by atoms with van der Waals surface area (Å²) in [5.41, 5.74) is 1.98. The van der Waals surface area contributed by atoms with Gasteiger partial charge in [-0.25, -0.2) is 13.1 Å². The van der Waals surface area contributed by atoms with Crippen LogP contribution in [0.4, 0.5) is 5.69 Å². The molecule has 146 valence electrons. The Morgan fingerprint density at radius 2 is 1.74 bits per heavy atom. The van der Waals surface area contributed by atoms with Crippen LogP contribution in [-0.2, 0) is 21.2 Å². The normalized spacial score (nSPS) is 11.1. The van der Waals surface area contributed by atoms with Gasteiger partial charge in [-0.15, -0.1) is 0 Å². The minimum Gasteiger partial charge on any atom is -0.493 e. The lowest BCUT2D eigenvalue weighted by Crippen LogP contribution is -2.20. The van der Waals surface area contributed by atoms with Crippen molar-refractivity contribution in [1.82, 2.24) is 4.72 Å². The first-order chi connectivity index (χ1) is 12.8. The zero-order valence-corrected chi connectivity index (χ0v) is 16.6. The molecule has 0 fully saturated rings. The highest BCUT2D eigenvalue weighted by Gasteiger charge is 2.16. The number of rotatable bonds is 8. The standard InChI is InChI=1S/C19H24N2O5S/c1-13-5-8-15(12-18(13)27(23,24)20-2)21-19(22)10-7-14-6-9-16(25-3)17(11-14)26-4/h5-6,8-9,11-12,20H,7,10H2,1-4H3,(H,21,22). The number of hydrogen-bond acceptors (Lipinski definition) is 5. The van der Waals surface area contributed by atoms with Crippen molar-refractivity contribution >= 4 is 21.6 Å². The van der Waals surface area contributed by atoms with Crippen molar-refractivity contribution < 1.29 is 22.7 Å². The van der Waals surface area contributed by atoms with Gasteiger partial charge in [0.2, 0.25) is 15.9 Å². The molecule has 2 aromatic carbocycles. The summed E-state index contributed by atoms with van der Waals surface area (Å²) in [7, 11) is 0.889. The van der Waals surface area contributed by atoms with Gasteiger partial charge >= 0.3 is 0 Å². The van der Waals surface area contributed by atoms with Crippen LogP contribution < -0.4 is 19.5 Å². The van der Waals surface area contributed by atoms with Gasteiger partial charge in [-0.05, 0) is 55.8 Å². The summed E-state index contributed by atoms with van der Waals surface area (Å²) in [4.78, 5) is 12.4. The molecule has 0 aromatic heterocycles. The number of aryl methyl sites for hydroxylation is 2. The van der Waals surface area contributed by atoms with Crippen molar-refractivity contribution in [3.63, 3.8) is 0 Å². The van der Waals surface area contributed by atoms with Crippen LogP contribution in [-0.4, -0.2) is 35.6 Å². The smallest absolute Gasteiger partial charge is 0.240 e. The van der Waals surface area contributed by atoms with Crippen molar-refractivity contribution in [2.75, 3.05) is 26.6 Å². The second-order valence-electron chi connectivity index (χ2n) is 5.93. The van der Waals surface area contributed by atoms with Crippen molar-refractivity contribution in [2.45, 2.75) is 24.7 Å². The Morgan fingerprint density at radius 1 is 1.04 bits per heavy atom.